The molecule has 0 radical (unpaired) electrons. The van der Waals surface area contributed by atoms with Crippen molar-refractivity contribution >= 4 is 11.8 Å². The van der Waals surface area contributed by atoms with Crippen LogP contribution in [0.5, 0.6) is 0 Å². The van der Waals surface area contributed by atoms with Crippen LogP contribution in [-0.2, 0) is 9.59 Å². The van der Waals surface area contributed by atoms with E-state index in [2.05, 4.69) is 16.8 Å². The first-order valence-electron chi connectivity index (χ1n) is 8.12. The average molecular weight is 310 g/mol. The number of nitrogens with two attached hydrogens (primary N) is 1. The molecule has 22 heavy (non-hydrogen) atoms. The normalized spacial score (nSPS) is 16.4. The second kappa shape index (κ2) is 8.90. The van der Waals surface area contributed by atoms with Gasteiger partial charge in [-0.05, 0) is 12.8 Å². The van der Waals surface area contributed by atoms with Crippen LogP contribution in [0.15, 0.2) is 12.7 Å². The van der Waals surface area contributed by atoms with Gasteiger partial charge in [-0.1, -0.05) is 19.9 Å². The number of carbonyl (C=O) groups is 2. The number of rotatable bonds is 8. The fourth-order valence-corrected chi connectivity index (χ4v) is 2.82. The van der Waals surface area contributed by atoms with Crippen molar-refractivity contribution in [1.82, 2.24) is 15.1 Å². The Hall–Kier alpha value is -1.40. The zero-order valence-corrected chi connectivity index (χ0v) is 13.9. The highest BCUT2D eigenvalue weighted by Crippen LogP contribution is 2.28. The maximum absolute atomic E-state index is 12.7. The monoisotopic (exact) mass is 310 g/mol. The van der Waals surface area contributed by atoms with Gasteiger partial charge in [0.1, 0.15) is 0 Å². The largest absolute Gasteiger partial charge is 0.352 e. The molecule has 1 aliphatic heterocycles. The molecular weight excluding hydrogens is 280 g/mol. The first kappa shape index (κ1) is 18.6. The van der Waals surface area contributed by atoms with Crippen LogP contribution in [-0.4, -0.2) is 67.4 Å². The first-order valence-corrected chi connectivity index (χ1v) is 8.12. The van der Waals surface area contributed by atoms with E-state index in [9.17, 15) is 9.59 Å². The number of nitrogens with one attached hydrogen (secondary N) is 1. The minimum atomic E-state index is -0.427. The van der Waals surface area contributed by atoms with Gasteiger partial charge in [0.05, 0.1) is 12.0 Å². The molecule has 1 aliphatic rings. The Labute approximate surface area is 133 Å². The van der Waals surface area contributed by atoms with Gasteiger partial charge >= 0.3 is 0 Å². The summed E-state index contributed by atoms with van der Waals surface area (Å²) in [4.78, 5) is 28.4. The predicted molar refractivity (Wildman–Crippen MR) is 88.3 cm³/mol. The van der Waals surface area contributed by atoms with Crippen LogP contribution in [0.2, 0.25) is 0 Å². The van der Waals surface area contributed by atoms with Crippen molar-refractivity contribution in [2.45, 2.75) is 26.7 Å². The third kappa shape index (κ3) is 4.55. The van der Waals surface area contributed by atoms with Crippen molar-refractivity contribution in [1.29, 1.82) is 0 Å². The lowest BCUT2D eigenvalue weighted by Crippen LogP contribution is -2.55. The molecule has 0 unspecified atom stereocenters. The van der Waals surface area contributed by atoms with E-state index in [1.54, 1.807) is 6.08 Å². The Morgan fingerprint density at radius 3 is 2.27 bits per heavy atom. The molecule has 0 spiro atoms. The molecule has 1 fully saturated rings. The van der Waals surface area contributed by atoms with Gasteiger partial charge in [-0.3, -0.25) is 14.5 Å². The number of carbonyl (C=O) groups excluding carboxylic acids is 2. The van der Waals surface area contributed by atoms with Crippen LogP contribution >= 0.6 is 0 Å². The molecule has 6 nitrogen and oxygen atoms in total. The van der Waals surface area contributed by atoms with Crippen LogP contribution < -0.4 is 11.1 Å². The molecule has 6 heteroatoms. The van der Waals surface area contributed by atoms with E-state index in [-0.39, 0.29) is 11.8 Å². The van der Waals surface area contributed by atoms with Crippen molar-refractivity contribution in [2.24, 2.45) is 11.1 Å². The maximum Gasteiger partial charge on any atom is 0.234 e. The Kier molecular flexibility index (Phi) is 7.55. The Balaban J connectivity index is 2.49. The van der Waals surface area contributed by atoms with Gasteiger partial charge in [-0.25, -0.2) is 0 Å². The second-order valence-electron chi connectivity index (χ2n) is 5.85. The SMILES string of the molecule is C=CCNC(=O)CN1CCN(C(=O)C(CC)(CC)CN)CC1. The summed E-state index contributed by atoms with van der Waals surface area (Å²) in [7, 11) is 0. The van der Waals surface area contributed by atoms with Gasteiger partial charge in [0.15, 0.2) is 0 Å². The van der Waals surface area contributed by atoms with Gasteiger partial charge in [0, 0.05) is 39.3 Å². The van der Waals surface area contributed by atoms with Crippen molar-refractivity contribution in [3.05, 3.63) is 12.7 Å². The molecule has 1 heterocycles. The summed E-state index contributed by atoms with van der Waals surface area (Å²) < 4.78 is 0. The summed E-state index contributed by atoms with van der Waals surface area (Å²) in [6.45, 7) is 11.6. The fraction of sp³-hybridized carbons (Fsp3) is 0.750. The lowest BCUT2D eigenvalue weighted by Gasteiger charge is -2.40. The van der Waals surface area contributed by atoms with Gasteiger partial charge in [0.2, 0.25) is 11.8 Å². The van der Waals surface area contributed by atoms with Crippen LogP contribution in [0.1, 0.15) is 26.7 Å². The number of hydrogen-bond acceptors (Lipinski definition) is 4. The molecule has 1 saturated heterocycles. The van der Waals surface area contributed by atoms with E-state index in [1.807, 2.05) is 18.7 Å². The molecule has 0 aromatic heterocycles. The third-order valence-electron chi connectivity index (χ3n) is 4.67. The van der Waals surface area contributed by atoms with Gasteiger partial charge < -0.3 is 16.0 Å². The van der Waals surface area contributed by atoms with Crippen molar-refractivity contribution in [3.8, 4) is 0 Å². The van der Waals surface area contributed by atoms with Crippen molar-refractivity contribution < 1.29 is 9.59 Å². The number of piperazine rings is 1. The van der Waals surface area contributed by atoms with Crippen LogP contribution in [0.25, 0.3) is 0 Å². The van der Waals surface area contributed by atoms with Gasteiger partial charge in [0.25, 0.3) is 0 Å². The molecule has 0 aromatic carbocycles. The highest BCUT2D eigenvalue weighted by molar-refractivity contribution is 5.83. The molecule has 0 atom stereocenters. The second-order valence-corrected chi connectivity index (χ2v) is 5.85. The molecule has 0 saturated carbocycles. The van der Waals surface area contributed by atoms with Crippen LogP contribution in [0, 0.1) is 5.41 Å². The van der Waals surface area contributed by atoms with E-state index >= 15 is 0 Å². The first-order chi connectivity index (χ1) is 10.5. The Morgan fingerprint density at radius 2 is 1.82 bits per heavy atom. The summed E-state index contributed by atoms with van der Waals surface area (Å²) in [5.41, 5.74) is 5.43. The Morgan fingerprint density at radius 1 is 1.23 bits per heavy atom. The summed E-state index contributed by atoms with van der Waals surface area (Å²) in [5.74, 6) is 0.161. The van der Waals surface area contributed by atoms with Crippen LogP contribution in [0.4, 0.5) is 0 Å². The standard InChI is InChI=1S/C16H30N4O2/c1-4-7-18-14(21)12-19-8-10-20(11-9-19)15(22)16(5-2,6-3)13-17/h4H,1,5-13,17H2,2-3H3,(H,18,21). The molecular formula is C16H30N4O2. The number of amides is 2. The summed E-state index contributed by atoms with van der Waals surface area (Å²) in [6, 6.07) is 0. The molecule has 0 aliphatic carbocycles. The number of hydrogen-bond donors (Lipinski definition) is 2. The highest BCUT2D eigenvalue weighted by Gasteiger charge is 2.37. The zero-order chi connectivity index (χ0) is 16.6. The quantitative estimate of drug-likeness (QED) is 0.628. The zero-order valence-electron chi connectivity index (χ0n) is 13.9. The van der Waals surface area contributed by atoms with Crippen molar-refractivity contribution in [2.75, 3.05) is 45.8 Å². The summed E-state index contributed by atoms with van der Waals surface area (Å²) >= 11 is 0. The third-order valence-corrected chi connectivity index (χ3v) is 4.67. The highest BCUT2D eigenvalue weighted by atomic mass is 16.2. The van der Waals surface area contributed by atoms with Crippen LogP contribution in [0.3, 0.4) is 0 Å². The van der Waals surface area contributed by atoms with Crippen molar-refractivity contribution in [3.63, 3.8) is 0 Å². The molecule has 2 amide bonds. The lowest BCUT2D eigenvalue weighted by atomic mass is 9.81. The predicted octanol–water partition coefficient (Wildman–Crippen LogP) is 0.198. The molecule has 126 valence electrons. The topological polar surface area (TPSA) is 78.7 Å². The summed E-state index contributed by atoms with van der Waals surface area (Å²) in [5, 5.41) is 2.77. The molecule has 0 bridgehead atoms. The lowest BCUT2D eigenvalue weighted by molar-refractivity contribution is -0.144. The maximum atomic E-state index is 12.7. The minimum absolute atomic E-state index is 0.00176. The van der Waals surface area contributed by atoms with Gasteiger partial charge in [-0.15, -0.1) is 6.58 Å². The fourth-order valence-electron chi connectivity index (χ4n) is 2.82. The average Bonchev–Trinajstić information content (AvgIpc) is 2.55. The molecule has 0 aromatic rings. The van der Waals surface area contributed by atoms with E-state index in [4.69, 9.17) is 5.73 Å². The van der Waals surface area contributed by atoms with E-state index in [1.165, 1.54) is 0 Å². The van der Waals surface area contributed by atoms with E-state index in [0.29, 0.717) is 32.7 Å². The minimum Gasteiger partial charge on any atom is -0.352 e. The molecule has 3 N–H and O–H groups in total. The summed E-state index contributed by atoms with van der Waals surface area (Å²) in [6.07, 6.45) is 3.20. The smallest absolute Gasteiger partial charge is 0.234 e. The van der Waals surface area contributed by atoms with Gasteiger partial charge in [-0.2, -0.15) is 0 Å². The number of nitrogens with zero attached hydrogens (tertiary/aromatic N) is 2. The van der Waals surface area contributed by atoms with E-state index in [0.717, 1.165) is 25.9 Å². The molecule has 1 rings (SSSR count). The van der Waals surface area contributed by atoms with E-state index < -0.39 is 5.41 Å². The Bertz CT molecular complexity index is 377.